The van der Waals surface area contributed by atoms with Gasteiger partial charge in [0.1, 0.15) is 0 Å². The fraction of sp³-hybridized carbons (Fsp3) is 0. The molecule has 0 radical (unpaired) electrons. The molecule has 0 saturated heterocycles. The highest BCUT2D eigenvalue weighted by atomic mass is 32.2. The normalized spacial score (nSPS) is 10.6. The third-order valence-electron chi connectivity index (χ3n) is 2.74. The topological polar surface area (TPSA) is 176 Å². The van der Waals surface area contributed by atoms with Gasteiger partial charge in [0.05, 0.1) is 9.85 Å². The quantitative estimate of drug-likeness (QED) is 0.247. The molecule has 132 valence electrons. The fourth-order valence-corrected chi connectivity index (χ4v) is 3.03. The van der Waals surface area contributed by atoms with Crippen molar-refractivity contribution in [2.24, 2.45) is 0 Å². The summed E-state index contributed by atoms with van der Waals surface area (Å²) in [5.41, 5.74) is -1.46. The van der Waals surface area contributed by atoms with Crippen molar-refractivity contribution in [1.29, 1.82) is 0 Å². The second kappa shape index (κ2) is 7.33. The molecule has 0 unspecified atom stereocenters. The van der Waals surface area contributed by atoms with Crippen LogP contribution in [0.3, 0.4) is 0 Å². The summed E-state index contributed by atoms with van der Waals surface area (Å²) < 4.78 is 5.07. The number of hydrogen-bond acceptors (Lipinski definition) is 11. The molecule has 0 heterocycles. The van der Waals surface area contributed by atoms with E-state index in [-0.39, 0.29) is 9.79 Å². The highest BCUT2D eigenvalue weighted by Gasteiger charge is 2.21. The van der Waals surface area contributed by atoms with E-state index in [1.807, 2.05) is 0 Å². The Morgan fingerprint density at radius 3 is 1.44 bits per heavy atom. The summed E-state index contributed by atoms with van der Waals surface area (Å²) in [6, 6.07) is 3.95. The zero-order valence-corrected chi connectivity index (χ0v) is 13.5. The first-order valence-corrected chi connectivity index (χ1v) is 7.61. The lowest BCUT2D eigenvalue weighted by Crippen LogP contribution is -1.90. The van der Waals surface area contributed by atoms with Crippen LogP contribution >= 0.6 is 24.1 Å². The van der Waals surface area contributed by atoms with E-state index in [2.05, 4.69) is 0 Å². The summed E-state index contributed by atoms with van der Waals surface area (Å²) in [7, 11) is 0. The summed E-state index contributed by atoms with van der Waals surface area (Å²) in [5.74, 6) is -3.21. The summed E-state index contributed by atoms with van der Waals surface area (Å²) in [6.45, 7) is 0. The van der Waals surface area contributed by atoms with Gasteiger partial charge in [-0.1, -0.05) is 0 Å². The SMILES string of the molecule is O=[N+]([O-])c1cc(SOSc2cc(O)c(O)c([N+](=O)[O-])c2)cc(O)c1O. The maximum Gasteiger partial charge on any atom is 0.315 e. The first-order chi connectivity index (χ1) is 11.7. The third kappa shape index (κ3) is 4.14. The fourth-order valence-electron chi connectivity index (χ4n) is 1.63. The van der Waals surface area contributed by atoms with E-state index in [9.17, 15) is 40.7 Å². The lowest BCUT2D eigenvalue weighted by Gasteiger charge is -2.05. The Balaban J connectivity index is 2.14. The van der Waals surface area contributed by atoms with E-state index >= 15 is 0 Å². The molecule has 0 aliphatic heterocycles. The Morgan fingerprint density at radius 2 is 1.12 bits per heavy atom. The minimum atomic E-state index is -0.895. The van der Waals surface area contributed by atoms with Crippen LogP contribution in [0.4, 0.5) is 11.4 Å². The van der Waals surface area contributed by atoms with Gasteiger partial charge < -0.3 is 20.4 Å². The summed E-state index contributed by atoms with van der Waals surface area (Å²) >= 11 is 1.13. The molecule has 0 aromatic heterocycles. The predicted octanol–water partition coefficient (Wildman–Crippen LogP) is 3.06. The number of nitro benzene ring substituents is 2. The van der Waals surface area contributed by atoms with Gasteiger partial charge in [-0.2, -0.15) is 0 Å². The van der Waals surface area contributed by atoms with Crippen molar-refractivity contribution in [2.75, 3.05) is 0 Å². The Labute approximate surface area is 147 Å². The molecule has 0 amide bonds. The number of rotatable bonds is 6. The molecule has 0 atom stereocenters. The van der Waals surface area contributed by atoms with Crippen LogP contribution < -0.4 is 0 Å². The second-order valence-electron chi connectivity index (χ2n) is 4.37. The molecular weight excluding hydrogens is 380 g/mol. The van der Waals surface area contributed by atoms with Crippen LogP contribution in [-0.2, 0) is 3.63 Å². The van der Waals surface area contributed by atoms with Crippen molar-refractivity contribution in [3.63, 3.8) is 0 Å². The highest BCUT2D eigenvalue weighted by Crippen LogP contribution is 2.43. The van der Waals surface area contributed by atoms with Crippen LogP contribution in [0, 0.1) is 20.2 Å². The predicted molar refractivity (Wildman–Crippen MR) is 85.7 cm³/mol. The van der Waals surface area contributed by atoms with E-state index in [1.165, 1.54) is 0 Å². The molecule has 0 saturated carbocycles. The molecule has 0 spiro atoms. The van der Waals surface area contributed by atoms with Gasteiger partial charge in [-0.3, -0.25) is 20.2 Å². The Bertz CT molecular complexity index is 789. The molecule has 2 aromatic rings. The summed E-state index contributed by atoms with van der Waals surface area (Å²) in [4.78, 5) is 19.9. The molecule has 25 heavy (non-hydrogen) atoms. The van der Waals surface area contributed by atoms with Gasteiger partial charge in [0.15, 0.2) is 11.5 Å². The molecule has 13 heteroatoms. The van der Waals surface area contributed by atoms with Gasteiger partial charge in [0, 0.05) is 58.1 Å². The van der Waals surface area contributed by atoms with E-state index < -0.39 is 44.2 Å². The molecule has 11 nitrogen and oxygen atoms in total. The van der Waals surface area contributed by atoms with Gasteiger partial charge in [-0.25, -0.2) is 3.63 Å². The number of phenols is 4. The van der Waals surface area contributed by atoms with Crippen molar-refractivity contribution in [3.8, 4) is 23.0 Å². The standard InChI is InChI=1S/C12H8N2O9S2/c15-9-3-5(1-7(11(9)17)13(19)20)24-23-25-6-2-8(14(21)22)12(18)10(16)4-6/h1-4,15-18H. The molecule has 0 fully saturated rings. The number of nitro groups is 2. The Morgan fingerprint density at radius 1 is 0.760 bits per heavy atom. The van der Waals surface area contributed by atoms with Crippen molar-refractivity contribution < 1.29 is 33.9 Å². The van der Waals surface area contributed by atoms with Crippen molar-refractivity contribution in [2.45, 2.75) is 9.79 Å². The minimum absolute atomic E-state index is 0.0759. The van der Waals surface area contributed by atoms with Crippen LogP contribution in [0.25, 0.3) is 0 Å². The van der Waals surface area contributed by atoms with Gasteiger partial charge in [-0.15, -0.1) is 0 Å². The molecule has 2 aromatic carbocycles. The minimum Gasteiger partial charge on any atom is -0.504 e. The number of hydrogen-bond donors (Lipinski definition) is 4. The van der Waals surface area contributed by atoms with Crippen molar-refractivity contribution in [3.05, 3.63) is 44.5 Å². The second-order valence-corrected chi connectivity index (χ2v) is 6.19. The van der Waals surface area contributed by atoms with Crippen LogP contribution in [0.5, 0.6) is 23.0 Å². The molecule has 0 aliphatic rings. The zero-order chi connectivity index (χ0) is 18.7. The van der Waals surface area contributed by atoms with E-state index in [0.29, 0.717) is 24.1 Å². The third-order valence-corrected chi connectivity index (χ3v) is 4.14. The van der Waals surface area contributed by atoms with E-state index in [1.54, 1.807) is 0 Å². The summed E-state index contributed by atoms with van der Waals surface area (Å²) in [6.07, 6.45) is 0. The number of benzene rings is 2. The maximum atomic E-state index is 10.8. The molecular formula is C12H8N2O9S2. The average molecular weight is 388 g/mol. The maximum absolute atomic E-state index is 10.8. The van der Waals surface area contributed by atoms with Gasteiger partial charge in [-0.05, 0) is 0 Å². The van der Waals surface area contributed by atoms with Gasteiger partial charge in [0.25, 0.3) is 0 Å². The van der Waals surface area contributed by atoms with E-state index in [4.69, 9.17) is 3.63 Å². The Kier molecular flexibility index (Phi) is 5.41. The highest BCUT2D eigenvalue weighted by molar-refractivity contribution is 8.07. The first kappa shape index (κ1) is 18.4. The number of aromatic hydroxyl groups is 4. The monoisotopic (exact) mass is 388 g/mol. The lowest BCUT2D eigenvalue weighted by molar-refractivity contribution is -0.386. The smallest absolute Gasteiger partial charge is 0.315 e. The van der Waals surface area contributed by atoms with Crippen LogP contribution in [-0.4, -0.2) is 30.3 Å². The van der Waals surface area contributed by atoms with E-state index in [0.717, 1.165) is 24.3 Å². The summed E-state index contributed by atoms with van der Waals surface area (Å²) in [5, 5.41) is 59.1. The molecule has 0 bridgehead atoms. The van der Waals surface area contributed by atoms with Crippen molar-refractivity contribution >= 4 is 35.5 Å². The largest absolute Gasteiger partial charge is 0.504 e. The Hall–Kier alpha value is -2.90. The van der Waals surface area contributed by atoms with Gasteiger partial charge >= 0.3 is 11.4 Å². The lowest BCUT2D eigenvalue weighted by atomic mass is 10.3. The van der Waals surface area contributed by atoms with Crippen molar-refractivity contribution in [1.82, 2.24) is 0 Å². The van der Waals surface area contributed by atoms with Crippen LogP contribution in [0.2, 0.25) is 0 Å². The zero-order valence-electron chi connectivity index (χ0n) is 11.9. The number of phenolic OH excluding ortho intramolecular Hbond substituents is 4. The first-order valence-electron chi connectivity index (χ1n) is 6.12. The molecule has 0 aliphatic carbocycles. The molecule has 4 N–H and O–H groups in total. The van der Waals surface area contributed by atoms with Crippen LogP contribution in [0.15, 0.2) is 34.1 Å². The molecule has 2 rings (SSSR count). The van der Waals surface area contributed by atoms with Gasteiger partial charge in [0.2, 0.25) is 11.5 Å². The number of nitrogens with zero attached hydrogens (tertiary/aromatic N) is 2. The average Bonchev–Trinajstić information content (AvgIpc) is 2.53. The van der Waals surface area contributed by atoms with Crippen LogP contribution in [0.1, 0.15) is 0 Å².